The summed E-state index contributed by atoms with van der Waals surface area (Å²) in [7, 11) is 0. The maximum Gasteiger partial charge on any atom is 0.336 e. The van der Waals surface area contributed by atoms with E-state index in [4.69, 9.17) is 15.3 Å². The topological polar surface area (TPSA) is 152 Å². The Morgan fingerprint density at radius 1 is 0.667 bits per heavy atom. The van der Waals surface area contributed by atoms with Crippen LogP contribution in [-0.2, 0) is 0 Å². The molecule has 0 fully saturated rings. The summed E-state index contributed by atoms with van der Waals surface area (Å²) in [6.07, 6.45) is -1.98. The van der Waals surface area contributed by atoms with Crippen LogP contribution in [0.15, 0.2) is 36.4 Å². The van der Waals surface area contributed by atoms with Gasteiger partial charge in [0.05, 0.1) is 16.7 Å². The van der Waals surface area contributed by atoms with Crippen LogP contribution in [0.2, 0.25) is 0 Å². The molecule has 0 aliphatic rings. The zero-order chi connectivity index (χ0) is 18.0. The lowest BCUT2D eigenvalue weighted by molar-refractivity contribution is -0.0432. The minimum absolute atomic E-state index is 0.216. The Hall–Kier alpha value is -3.23. The van der Waals surface area contributed by atoms with Gasteiger partial charge in [-0.25, -0.2) is 14.4 Å². The van der Waals surface area contributed by atoms with E-state index in [9.17, 15) is 24.6 Å². The van der Waals surface area contributed by atoms with Crippen molar-refractivity contribution in [1.82, 2.24) is 0 Å². The second-order valence-corrected chi connectivity index (χ2v) is 4.85. The van der Waals surface area contributed by atoms with Gasteiger partial charge in [-0.15, -0.1) is 0 Å². The van der Waals surface area contributed by atoms with Gasteiger partial charge in [-0.2, -0.15) is 0 Å². The van der Waals surface area contributed by atoms with Gasteiger partial charge >= 0.3 is 17.9 Å². The van der Waals surface area contributed by atoms with Crippen LogP contribution < -0.4 is 0 Å². The predicted molar refractivity (Wildman–Crippen MR) is 79.9 cm³/mol. The molecule has 0 saturated heterocycles. The van der Waals surface area contributed by atoms with Crippen LogP contribution in [0.25, 0.3) is 11.1 Å². The highest BCUT2D eigenvalue weighted by atomic mass is 16.5. The first-order valence-electron chi connectivity index (χ1n) is 6.56. The first-order valence-corrected chi connectivity index (χ1v) is 6.56. The molecule has 2 rings (SSSR count). The van der Waals surface area contributed by atoms with Gasteiger partial charge in [0, 0.05) is 5.56 Å². The summed E-state index contributed by atoms with van der Waals surface area (Å²) < 4.78 is 0. The molecule has 0 bridgehead atoms. The largest absolute Gasteiger partial charge is 0.478 e. The van der Waals surface area contributed by atoms with E-state index in [-0.39, 0.29) is 22.3 Å². The highest BCUT2D eigenvalue weighted by molar-refractivity contribution is 6.02. The van der Waals surface area contributed by atoms with Crippen molar-refractivity contribution in [2.75, 3.05) is 0 Å². The SMILES string of the molecule is O=C(O)c1ccc(-c2ccc(C(O)O)c(C(=O)O)c2)cc1C(=O)O. The monoisotopic (exact) mass is 332 g/mol. The molecule has 8 nitrogen and oxygen atoms in total. The number of aromatic carboxylic acids is 3. The lowest BCUT2D eigenvalue weighted by atomic mass is 9.95. The number of aliphatic hydroxyl groups is 2. The molecule has 0 saturated carbocycles. The molecule has 0 radical (unpaired) electrons. The zero-order valence-electron chi connectivity index (χ0n) is 12.0. The molecular weight excluding hydrogens is 320 g/mol. The third kappa shape index (κ3) is 3.24. The number of carbonyl (C=O) groups is 3. The van der Waals surface area contributed by atoms with E-state index >= 15 is 0 Å². The normalized spacial score (nSPS) is 10.6. The maximum atomic E-state index is 11.2. The van der Waals surface area contributed by atoms with Crippen molar-refractivity contribution in [2.24, 2.45) is 0 Å². The molecule has 5 N–H and O–H groups in total. The van der Waals surface area contributed by atoms with Crippen molar-refractivity contribution in [1.29, 1.82) is 0 Å². The van der Waals surface area contributed by atoms with Crippen LogP contribution >= 0.6 is 0 Å². The Morgan fingerprint density at radius 2 is 1.12 bits per heavy atom. The van der Waals surface area contributed by atoms with Crippen molar-refractivity contribution in [3.63, 3.8) is 0 Å². The number of hydrogen-bond donors (Lipinski definition) is 5. The summed E-state index contributed by atoms with van der Waals surface area (Å²) in [5, 5.41) is 45.6. The van der Waals surface area contributed by atoms with Gasteiger partial charge in [-0.1, -0.05) is 18.2 Å². The van der Waals surface area contributed by atoms with E-state index in [0.29, 0.717) is 0 Å². The molecule has 2 aromatic rings. The lowest BCUT2D eigenvalue weighted by Crippen LogP contribution is -2.09. The van der Waals surface area contributed by atoms with Gasteiger partial charge in [-0.05, 0) is 29.3 Å². The molecule has 24 heavy (non-hydrogen) atoms. The molecule has 0 unspecified atom stereocenters. The summed E-state index contributed by atoms with van der Waals surface area (Å²) in [6.45, 7) is 0. The van der Waals surface area contributed by atoms with E-state index in [1.807, 2.05) is 0 Å². The number of hydrogen-bond acceptors (Lipinski definition) is 5. The van der Waals surface area contributed by atoms with Crippen LogP contribution in [0.5, 0.6) is 0 Å². The molecule has 0 spiro atoms. The van der Waals surface area contributed by atoms with E-state index in [1.165, 1.54) is 18.2 Å². The van der Waals surface area contributed by atoms with E-state index < -0.39 is 35.3 Å². The summed E-state index contributed by atoms with van der Waals surface area (Å²) >= 11 is 0. The Kier molecular flexibility index (Phi) is 4.63. The van der Waals surface area contributed by atoms with E-state index in [2.05, 4.69) is 0 Å². The molecular formula is C16H12O8. The second kappa shape index (κ2) is 6.49. The van der Waals surface area contributed by atoms with Crippen molar-refractivity contribution in [3.8, 4) is 11.1 Å². The quantitative estimate of drug-likeness (QED) is 0.515. The van der Waals surface area contributed by atoms with Crippen molar-refractivity contribution in [3.05, 3.63) is 58.7 Å². The summed E-state index contributed by atoms with van der Waals surface area (Å²) in [6, 6.07) is 7.28. The number of carboxylic acid groups (broad SMARTS) is 3. The van der Waals surface area contributed by atoms with Gasteiger partial charge in [0.25, 0.3) is 0 Å². The Bertz CT molecular complexity index is 838. The van der Waals surface area contributed by atoms with Gasteiger partial charge < -0.3 is 25.5 Å². The molecule has 0 amide bonds. The highest BCUT2D eigenvalue weighted by Crippen LogP contribution is 2.27. The first kappa shape index (κ1) is 17.1. The Labute approximate surface area is 134 Å². The zero-order valence-corrected chi connectivity index (χ0v) is 12.0. The smallest absolute Gasteiger partial charge is 0.336 e. The lowest BCUT2D eigenvalue weighted by Gasteiger charge is -2.11. The first-order chi connectivity index (χ1) is 11.2. The molecule has 124 valence electrons. The standard InChI is InChI=1S/C16H12O8/c17-13(18)9-3-1-7(5-11(9)15(21)22)8-2-4-10(14(19)20)12(6-8)16(23)24/h1-6,13,17-18H,(H,19,20)(H,21,22)(H,23,24). The third-order valence-electron chi connectivity index (χ3n) is 3.38. The second-order valence-electron chi connectivity index (χ2n) is 4.85. The molecule has 0 aliphatic heterocycles. The minimum atomic E-state index is -1.98. The molecule has 8 heteroatoms. The maximum absolute atomic E-state index is 11.2. The van der Waals surface area contributed by atoms with E-state index in [0.717, 1.165) is 18.2 Å². The van der Waals surface area contributed by atoms with Gasteiger partial charge in [0.15, 0.2) is 6.29 Å². The van der Waals surface area contributed by atoms with Crippen LogP contribution in [0.3, 0.4) is 0 Å². The number of rotatable bonds is 5. The fraction of sp³-hybridized carbons (Fsp3) is 0.0625. The molecule has 0 atom stereocenters. The van der Waals surface area contributed by atoms with Crippen LogP contribution in [-0.4, -0.2) is 43.4 Å². The average molecular weight is 332 g/mol. The molecule has 0 aromatic heterocycles. The van der Waals surface area contributed by atoms with Crippen molar-refractivity contribution >= 4 is 17.9 Å². The summed E-state index contributed by atoms with van der Waals surface area (Å²) in [5.74, 6) is -4.22. The van der Waals surface area contributed by atoms with Crippen LogP contribution in [0.4, 0.5) is 0 Å². The molecule has 0 aliphatic carbocycles. The fourth-order valence-electron chi connectivity index (χ4n) is 2.23. The Morgan fingerprint density at radius 3 is 1.58 bits per heavy atom. The van der Waals surface area contributed by atoms with Crippen LogP contribution in [0.1, 0.15) is 42.9 Å². The summed E-state index contributed by atoms with van der Waals surface area (Å²) in [5.41, 5.74) is -0.848. The minimum Gasteiger partial charge on any atom is -0.478 e. The number of aliphatic hydroxyl groups excluding tert-OH is 1. The van der Waals surface area contributed by atoms with Crippen LogP contribution in [0, 0.1) is 0 Å². The predicted octanol–water partition coefficient (Wildman–Crippen LogP) is 1.43. The van der Waals surface area contributed by atoms with Crippen molar-refractivity contribution < 1.29 is 39.9 Å². The van der Waals surface area contributed by atoms with Gasteiger partial charge in [0.2, 0.25) is 0 Å². The number of carboxylic acids is 3. The molecule has 2 aromatic carbocycles. The average Bonchev–Trinajstić information content (AvgIpc) is 2.53. The molecule has 0 heterocycles. The fourth-order valence-corrected chi connectivity index (χ4v) is 2.23. The van der Waals surface area contributed by atoms with Gasteiger partial charge in [0.1, 0.15) is 0 Å². The Balaban J connectivity index is 2.62. The van der Waals surface area contributed by atoms with Crippen molar-refractivity contribution in [2.45, 2.75) is 6.29 Å². The summed E-state index contributed by atoms with van der Waals surface area (Å²) in [4.78, 5) is 33.5. The van der Waals surface area contributed by atoms with Gasteiger partial charge in [-0.3, -0.25) is 0 Å². The van der Waals surface area contributed by atoms with E-state index in [1.54, 1.807) is 0 Å². The third-order valence-corrected chi connectivity index (χ3v) is 3.38. The highest BCUT2D eigenvalue weighted by Gasteiger charge is 2.19. The number of benzene rings is 2.